The number of ether oxygens (including phenoxy) is 1. The smallest absolute Gasteiger partial charge is 0.0721 e. The van der Waals surface area contributed by atoms with Gasteiger partial charge in [0.25, 0.3) is 0 Å². The number of fused-ring (bicyclic) bond motifs is 1. The highest BCUT2D eigenvalue weighted by atomic mass is 16.5. The highest BCUT2D eigenvalue weighted by Crippen LogP contribution is 2.25. The highest BCUT2D eigenvalue weighted by molar-refractivity contribution is 5.31. The first-order valence-corrected chi connectivity index (χ1v) is 7.43. The molecule has 0 radical (unpaired) electrons. The van der Waals surface area contributed by atoms with E-state index >= 15 is 0 Å². The molecule has 0 amide bonds. The van der Waals surface area contributed by atoms with Gasteiger partial charge in [-0.3, -0.25) is 0 Å². The molecule has 0 fully saturated rings. The van der Waals surface area contributed by atoms with Crippen LogP contribution in [-0.4, -0.2) is 24.4 Å². The van der Waals surface area contributed by atoms with E-state index in [1.165, 1.54) is 16.7 Å². The van der Waals surface area contributed by atoms with E-state index in [2.05, 4.69) is 35.6 Å². The first kappa shape index (κ1) is 14.3. The van der Waals surface area contributed by atoms with E-state index in [9.17, 15) is 5.11 Å². The predicted octanol–water partition coefficient (Wildman–Crippen LogP) is 2.45. The molecular weight excluding hydrogens is 262 g/mol. The van der Waals surface area contributed by atoms with Gasteiger partial charge in [-0.15, -0.1) is 0 Å². The summed E-state index contributed by atoms with van der Waals surface area (Å²) in [6, 6.07) is 18.8. The van der Waals surface area contributed by atoms with Crippen LogP contribution >= 0.6 is 0 Å². The van der Waals surface area contributed by atoms with Crippen molar-refractivity contribution >= 4 is 0 Å². The van der Waals surface area contributed by atoms with E-state index in [1.54, 1.807) is 0 Å². The second kappa shape index (κ2) is 6.85. The van der Waals surface area contributed by atoms with Gasteiger partial charge in [0.2, 0.25) is 0 Å². The zero-order chi connectivity index (χ0) is 14.5. The van der Waals surface area contributed by atoms with E-state index in [4.69, 9.17) is 4.74 Å². The lowest BCUT2D eigenvalue weighted by Gasteiger charge is -2.30. The Hall–Kier alpha value is -1.68. The third-order valence-corrected chi connectivity index (χ3v) is 3.95. The van der Waals surface area contributed by atoms with Crippen LogP contribution in [0.4, 0.5) is 0 Å². The average molecular weight is 283 g/mol. The Morgan fingerprint density at radius 2 is 1.86 bits per heavy atom. The Balaban J connectivity index is 1.70. The van der Waals surface area contributed by atoms with Crippen LogP contribution in [0, 0.1) is 0 Å². The Morgan fingerprint density at radius 1 is 1.10 bits per heavy atom. The predicted molar refractivity (Wildman–Crippen MR) is 83.0 cm³/mol. The average Bonchev–Trinajstić information content (AvgIpc) is 2.55. The van der Waals surface area contributed by atoms with E-state index < -0.39 is 0 Å². The Kier molecular flexibility index (Phi) is 4.65. The minimum atomic E-state index is 0.0344. The molecule has 0 bridgehead atoms. The summed E-state index contributed by atoms with van der Waals surface area (Å²) in [5.74, 6) is 0. The van der Waals surface area contributed by atoms with Crippen LogP contribution in [-0.2, 0) is 17.8 Å². The molecule has 2 atom stereocenters. The Bertz CT molecular complexity index is 570. The number of nitrogens with one attached hydrogen (secondary N) is 1. The molecule has 0 aromatic heterocycles. The Morgan fingerprint density at radius 3 is 2.67 bits per heavy atom. The monoisotopic (exact) mass is 283 g/mol. The molecule has 3 heteroatoms. The van der Waals surface area contributed by atoms with E-state index in [1.807, 2.05) is 24.3 Å². The summed E-state index contributed by atoms with van der Waals surface area (Å²) in [5, 5.41) is 13.2. The number of aliphatic hydroxyl groups is 1. The van der Waals surface area contributed by atoms with Gasteiger partial charge >= 0.3 is 0 Å². The van der Waals surface area contributed by atoms with Crippen molar-refractivity contribution in [1.29, 1.82) is 0 Å². The van der Waals surface area contributed by atoms with Gasteiger partial charge in [0.05, 0.1) is 25.9 Å². The van der Waals surface area contributed by atoms with E-state index in [0.717, 1.165) is 6.42 Å². The summed E-state index contributed by atoms with van der Waals surface area (Å²) in [5.41, 5.74) is 3.75. The molecule has 0 saturated carbocycles. The molecule has 2 aromatic rings. The minimum absolute atomic E-state index is 0.0344. The van der Waals surface area contributed by atoms with Crippen LogP contribution in [0.5, 0.6) is 0 Å². The third-order valence-electron chi connectivity index (χ3n) is 3.95. The van der Waals surface area contributed by atoms with Gasteiger partial charge in [0, 0.05) is 6.04 Å². The fraction of sp³-hybridized carbons (Fsp3) is 0.333. The standard InChI is InChI=1S/C18H21NO2/c20-11-16(10-14-6-2-1-3-7-14)19-18-13-21-12-15-8-4-5-9-17(15)18/h1-9,16,18-20H,10-13H2/t16-,18?/m0/s1. The molecule has 1 heterocycles. The summed E-state index contributed by atoms with van der Waals surface area (Å²) >= 11 is 0. The molecule has 3 rings (SSSR count). The molecule has 21 heavy (non-hydrogen) atoms. The lowest BCUT2D eigenvalue weighted by Crippen LogP contribution is -2.40. The van der Waals surface area contributed by atoms with Gasteiger partial charge in [-0.1, -0.05) is 54.6 Å². The molecule has 0 aliphatic carbocycles. The molecule has 3 nitrogen and oxygen atoms in total. The molecule has 2 N–H and O–H groups in total. The number of hydrogen-bond donors (Lipinski definition) is 2. The van der Waals surface area contributed by atoms with Gasteiger partial charge in [0.1, 0.15) is 0 Å². The van der Waals surface area contributed by atoms with Crippen LogP contribution in [0.2, 0.25) is 0 Å². The van der Waals surface area contributed by atoms with Crippen LogP contribution in [0.3, 0.4) is 0 Å². The van der Waals surface area contributed by atoms with Crippen molar-refractivity contribution < 1.29 is 9.84 Å². The van der Waals surface area contributed by atoms with Gasteiger partial charge in [-0.25, -0.2) is 0 Å². The summed E-state index contributed by atoms with van der Waals surface area (Å²) < 4.78 is 5.66. The fourth-order valence-corrected chi connectivity index (χ4v) is 2.88. The van der Waals surface area contributed by atoms with E-state index in [-0.39, 0.29) is 18.7 Å². The zero-order valence-corrected chi connectivity index (χ0v) is 12.0. The first-order chi connectivity index (χ1) is 10.4. The molecular formula is C18H21NO2. The number of benzene rings is 2. The second-order valence-corrected chi connectivity index (χ2v) is 5.50. The van der Waals surface area contributed by atoms with Crippen molar-refractivity contribution in [2.45, 2.75) is 25.1 Å². The van der Waals surface area contributed by atoms with E-state index in [0.29, 0.717) is 13.2 Å². The number of rotatable bonds is 5. The molecule has 2 aromatic carbocycles. The van der Waals surface area contributed by atoms with Crippen molar-refractivity contribution in [1.82, 2.24) is 5.32 Å². The van der Waals surface area contributed by atoms with Crippen molar-refractivity contribution in [3.63, 3.8) is 0 Å². The largest absolute Gasteiger partial charge is 0.395 e. The fourth-order valence-electron chi connectivity index (χ4n) is 2.88. The third kappa shape index (κ3) is 3.50. The lowest BCUT2D eigenvalue weighted by molar-refractivity contribution is 0.0744. The number of aliphatic hydroxyl groups excluding tert-OH is 1. The van der Waals surface area contributed by atoms with Gasteiger partial charge in [-0.05, 0) is 23.1 Å². The highest BCUT2D eigenvalue weighted by Gasteiger charge is 2.22. The summed E-state index contributed by atoms with van der Waals surface area (Å²) in [6.45, 7) is 1.45. The Labute approximate surface area is 125 Å². The van der Waals surface area contributed by atoms with Gasteiger partial charge < -0.3 is 15.2 Å². The number of hydrogen-bond acceptors (Lipinski definition) is 3. The van der Waals surface area contributed by atoms with Crippen LogP contribution in [0.15, 0.2) is 54.6 Å². The van der Waals surface area contributed by atoms with Crippen molar-refractivity contribution in [3.05, 3.63) is 71.3 Å². The summed E-state index contributed by atoms with van der Waals surface area (Å²) in [4.78, 5) is 0. The SMILES string of the molecule is OC[C@H](Cc1ccccc1)NC1COCc2ccccc21. The van der Waals surface area contributed by atoms with Crippen LogP contribution in [0.1, 0.15) is 22.7 Å². The van der Waals surface area contributed by atoms with Gasteiger partial charge in [-0.2, -0.15) is 0 Å². The van der Waals surface area contributed by atoms with Gasteiger partial charge in [0.15, 0.2) is 0 Å². The molecule has 0 spiro atoms. The van der Waals surface area contributed by atoms with Crippen LogP contribution in [0.25, 0.3) is 0 Å². The zero-order valence-electron chi connectivity index (χ0n) is 12.0. The first-order valence-electron chi connectivity index (χ1n) is 7.43. The minimum Gasteiger partial charge on any atom is -0.395 e. The van der Waals surface area contributed by atoms with Crippen molar-refractivity contribution in [3.8, 4) is 0 Å². The molecule has 1 aliphatic rings. The molecule has 1 aliphatic heterocycles. The normalized spacial score (nSPS) is 19.0. The van der Waals surface area contributed by atoms with Crippen molar-refractivity contribution in [2.75, 3.05) is 13.2 Å². The second-order valence-electron chi connectivity index (χ2n) is 5.50. The lowest BCUT2D eigenvalue weighted by atomic mass is 9.97. The molecule has 1 unspecified atom stereocenters. The van der Waals surface area contributed by atoms with Crippen molar-refractivity contribution in [2.24, 2.45) is 0 Å². The molecule has 0 saturated heterocycles. The molecule has 110 valence electrons. The maximum Gasteiger partial charge on any atom is 0.0721 e. The topological polar surface area (TPSA) is 41.5 Å². The maximum absolute atomic E-state index is 9.66. The van der Waals surface area contributed by atoms with Crippen LogP contribution < -0.4 is 5.32 Å². The maximum atomic E-state index is 9.66. The quantitative estimate of drug-likeness (QED) is 0.885. The summed E-state index contributed by atoms with van der Waals surface area (Å²) in [6.07, 6.45) is 0.815. The summed E-state index contributed by atoms with van der Waals surface area (Å²) in [7, 11) is 0.